The lowest BCUT2D eigenvalue weighted by Crippen LogP contribution is -2.21. The normalized spacial score (nSPS) is 10.3. The lowest BCUT2D eigenvalue weighted by molar-refractivity contribution is -0.114. The maximum atomic E-state index is 12.2. The van der Waals surface area contributed by atoms with Crippen molar-refractivity contribution in [3.8, 4) is 5.75 Å². The van der Waals surface area contributed by atoms with Gasteiger partial charge in [0.2, 0.25) is 5.91 Å². The second-order valence-corrected chi connectivity index (χ2v) is 7.05. The fourth-order valence-corrected chi connectivity index (χ4v) is 2.77. The molecule has 0 aromatic heterocycles. The zero-order chi connectivity index (χ0) is 21.6. The quantitative estimate of drug-likeness (QED) is 0.346. The first-order valence-electron chi connectivity index (χ1n) is 10.7. The second kappa shape index (κ2) is 13.2. The van der Waals surface area contributed by atoms with Crippen molar-refractivity contribution in [1.82, 2.24) is 0 Å². The number of carbonyl (C=O) groups is 2. The summed E-state index contributed by atoms with van der Waals surface area (Å²) in [6.45, 7) is 5.35. The van der Waals surface area contributed by atoms with Crippen LogP contribution in [-0.2, 0) is 9.53 Å². The van der Waals surface area contributed by atoms with Crippen LogP contribution in [0.5, 0.6) is 5.75 Å². The van der Waals surface area contributed by atoms with Crippen LogP contribution in [0.2, 0.25) is 0 Å². The third kappa shape index (κ3) is 8.55. The van der Waals surface area contributed by atoms with Crippen LogP contribution in [0.15, 0.2) is 48.5 Å². The topological polar surface area (TPSA) is 76.7 Å². The zero-order valence-corrected chi connectivity index (χ0v) is 17.9. The molecule has 0 aliphatic rings. The van der Waals surface area contributed by atoms with E-state index in [0.29, 0.717) is 24.5 Å². The number of amides is 1. The van der Waals surface area contributed by atoms with E-state index in [2.05, 4.69) is 17.6 Å². The van der Waals surface area contributed by atoms with E-state index in [1.807, 2.05) is 31.2 Å². The van der Waals surface area contributed by atoms with Crippen LogP contribution in [0.3, 0.4) is 0 Å². The Hall–Kier alpha value is -3.02. The molecule has 2 aromatic carbocycles. The molecule has 2 aromatic rings. The van der Waals surface area contributed by atoms with Crippen LogP contribution in [0.4, 0.5) is 11.4 Å². The third-order valence-corrected chi connectivity index (χ3v) is 4.40. The number of benzene rings is 2. The number of nitrogens with one attached hydrogen (secondary N) is 2. The van der Waals surface area contributed by atoms with Gasteiger partial charge < -0.3 is 20.1 Å². The summed E-state index contributed by atoms with van der Waals surface area (Å²) in [4.78, 5) is 24.0. The molecule has 0 spiro atoms. The van der Waals surface area contributed by atoms with Gasteiger partial charge in [-0.2, -0.15) is 0 Å². The van der Waals surface area contributed by atoms with Crippen LogP contribution < -0.4 is 15.4 Å². The van der Waals surface area contributed by atoms with Gasteiger partial charge in [0.25, 0.3) is 0 Å². The molecule has 0 aliphatic heterocycles. The van der Waals surface area contributed by atoms with Gasteiger partial charge in [0.15, 0.2) is 0 Å². The summed E-state index contributed by atoms with van der Waals surface area (Å²) in [7, 11) is 0. The van der Waals surface area contributed by atoms with E-state index in [9.17, 15) is 9.59 Å². The molecule has 30 heavy (non-hydrogen) atoms. The van der Waals surface area contributed by atoms with E-state index in [1.165, 1.54) is 19.3 Å². The summed E-state index contributed by atoms with van der Waals surface area (Å²) >= 11 is 0. The van der Waals surface area contributed by atoms with E-state index < -0.39 is 0 Å². The van der Waals surface area contributed by atoms with Crippen molar-refractivity contribution in [2.45, 2.75) is 46.0 Å². The first-order valence-corrected chi connectivity index (χ1v) is 10.7. The molecule has 6 heteroatoms. The van der Waals surface area contributed by atoms with Crippen LogP contribution in [0, 0.1) is 0 Å². The minimum absolute atomic E-state index is 0.125. The van der Waals surface area contributed by atoms with Gasteiger partial charge in [-0.3, -0.25) is 4.79 Å². The lowest BCUT2D eigenvalue weighted by atomic mass is 10.2. The van der Waals surface area contributed by atoms with E-state index in [-0.39, 0.29) is 18.4 Å². The van der Waals surface area contributed by atoms with Crippen molar-refractivity contribution in [3.05, 3.63) is 54.1 Å². The third-order valence-electron chi connectivity index (χ3n) is 4.40. The van der Waals surface area contributed by atoms with Gasteiger partial charge in [-0.25, -0.2) is 4.79 Å². The van der Waals surface area contributed by atoms with Gasteiger partial charge in [-0.1, -0.05) is 39.2 Å². The van der Waals surface area contributed by atoms with Gasteiger partial charge in [0.1, 0.15) is 5.75 Å². The molecule has 0 saturated heterocycles. The van der Waals surface area contributed by atoms with E-state index >= 15 is 0 Å². The predicted octanol–water partition coefficient (Wildman–Crippen LogP) is 5.26. The average molecular weight is 413 g/mol. The molecule has 0 unspecified atom stereocenters. The molecule has 2 N–H and O–H groups in total. The van der Waals surface area contributed by atoms with Crippen molar-refractivity contribution >= 4 is 23.3 Å². The van der Waals surface area contributed by atoms with Crippen LogP contribution >= 0.6 is 0 Å². The first kappa shape index (κ1) is 23.3. The molecule has 0 atom stereocenters. The Morgan fingerprint density at radius 2 is 1.67 bits per heavy atom. The van der Waals surface area contributed by atoms with Crippen molar-refractivity contribution in [3.63, 3.8) is 0 Å². The van der Waals surface area contributed by atoms with Crippen molar-refractivity contribution in [2.75, 3.05) is 30.4 Å². The Labute approximate surface area is 179 Å². The molecule has 0 radical (unpaired) electrons. The monoisotopic (exact) mass is 412 g/mol. The summed E-state index contributed by atoms with van der Waals surface area (Å²) in [5, 5.41) is 5.91. The molecule has 1 amide bonds. The number of unbranched alkanes of at least 4 members (excludes halogenated alkanes) is 3. The van der Waals surface area contributed by atoms with Crippen LogP contribution in [0.25, 0.3) is 0 Å². The Morgan fingerprint density at radius 1 is 0.867 bits per heavy atom. The summed E-state index contributed by atoms with van der Waals surface area (Å²) in [6.07, 6.45) is 5.43. The van der Waals surface area contributed by atoms with Gasteiger partial charge in [-0.05, 0) is 49.2 Å². The Morgan fingerprint density at radius 3 is 2.40 bits per heavy atom. The highest BCUT2D eigenvalue weighted by atomic mass is 16.5. The summed E-state index contributed by atoms with van der Waals surface area (Å²) in [6, 6.07) is 14.3. The standard InChI is InChI=1S/C24H32N2O4/c1-3-5-6-7-16-29-22-10-8-9-21(17-22)25-18-23(27)26-20-13-11-19(12-14-20)24(28)30-15-4-2/h8-14,17,25H,3-7,15-16,18H2,1-2H3,(H,26,27). The van der Waals surface area contributed by atoms with Crippen LogP contribution in [-0.4, -0.2) is 31.6 Å². The fourth-order valence-electron chi connectivity index (χ4n) is 2.77. The van der Waals surface area contributed by atoms with Gasteiger partial charge in [0, 0.05) is 17.4 Å². The lowest BCUT2D eigenvalue weighted by Gasteiger charge is -2.11. The number of anilines is 2. The molecule has 0 bridgehead atoms. The summed E-state index contributed by atoms with van der Waals surface area (Å²) in [5.41, 5.74) is 1.91. The molecule has 0 heterocycles. The number of rotatable bonds is 13. The molecule has 0 fully saturated rings. The van der Waals surface area contributed by atoms with E-state index in [0.717, 1.165) is 24.3 Å². The first-order chi connectivity index (χ1) is 14.6. The van der Waals surface area contributed by atoms with Crippen LogP contribution in [0.1, 0.15) is 56.3 Å². The Balaban J connectivity index is 1.76. The predicted molar refractivity (Wildman–Crippen MR) is 120 cm³/mol. The Bertz CT molecular complexity index is 790. The maximum absolute atomic E-state index is 12.2. The van der Waals surface area contributed by atoms with Crippen molar-refractivity contribution < 1.29 is 19.1 Å². The smallest absolute Gasteiger partial charge is 0.338 e. The molecular formula is C24H32N2O4. The minimum atomic E-state index is -0.358. The van der Waals surface area contributed by atoms with Crippen molar-refractivity contribution in [2.24, 2.45) is 0 Å². The average Bonchev–Trinajstić information content (AvgIpc) is 2.77. The summed E-state index contributed by atoms with van der Waals surface area (Å²) in [5.74, 6) is 0.258. The fraction of sp³-hybridized carbons (Fsp3) is 0.417. The SMILES string of the molecule is CCCCCCOc1cccc(NCC(=O)Nc2ccc(C(=O)OCCC)cc2)c1. The molecule has 6 nitrogen and oxygen atoms in total. The Kier molecular flexibility index (Phi) is 10.3. The number of hydrogen-bond donors (Lipinski definition) is 2. The minimum Gasteiger partial charge on any atom is -0.494 e. The number of carbonyl (C=O) groups excluding carboxylic acids is 2. The second-order valence-electron chi connectivity index (χ2n) is 7.05. The molecule has 2 rings (SSSR count). The highest BCUT2D eigenvalue weighted by Gasteiger charge is 2.08. The summed E-state index contributed by atoms with van der Waals surface area (Å²) < 4.78 is 10.9. The number of esters is 1. The molecule has 0 aliphatic carbocycles. The van der Waals surface area contributed by atoms with Gasteiger partial charge >= 0.3 is 5.97 Å². The molecule has 162 valence electrons. The van der Waals surface area contributed by atoms with E-state index in [4.69, 9.17) is 9.47 Å². The largest absolute Gasteiger partial charge is 0.494 e. The highest BCUT2D eigenvalue weighted by molar-refractivity contribution is 5.95. The highest BCUT2D eigenvalue weighted by Crippen LogP contribution is 2.18. The zero-order valence-electron chi connectivity index (χ0n) is 17.9. The number of hydrogen-bond acceptors (Lipinski definition) is 5. The van der Waals surface area contributed by atoms with Gasteiger partial charge in [-0.15, -0.1) is 0 Å². The maximum Gasteiger partial charge on any atom is 0.338 e. The van der Waals surface area contributed by atoms with E-state index in [1.54, 1.807) is 24.3 Å². The van der Waals surface area contributed by atoms with Crippen molar-refractivity contribution in [1.29, 1.82) is 0 Å². The van der Waals surface area contributed by atoms with Gasteiger partial charge in [0.05, 0.1) is 25.3 Å². The number of ether oxygens (including phenoxy) is 2. The molecular weight excluding hydrogens is 380 g/mol. The molecule has 0 saturated carbocycles.